The van der Waals surface area contributed by atoms with Crippen molar-refractivity contribution in [1.29, 1.82) is 0 Å². The van der Waals surface area contributed by atoms with Gasteiger partial charge in [-0.25, -0.2) is 0 Å². The number of methoxy groups -OCH3 is 1. The Hall–Kier alpha value is -4.33. The Bertz CT molecular complexity index is 1160. The molecule has 0 atom stereocenters. The van der Waals surface area contributed by atoms with Gasteiger partial charge in [-0.3, -0.25) is 14.4 Å². The summed E-state index contributed by atoms with van der Waals surface area (Å²) in [6.07, 6.45) is 0. The highest BCUT2D eigenvalue weighted by Crippen LogP contribution is 2.18. The zero-order valence-corrected chi connectivity index (χ0v) is 20.1. The molecule has 0 radical (unpaired) electrons. The molecule has 8 heteroatoms. The Morgan fingerprint density at radius 2 is 1.46 bits per heavy atom. The van der Waals surface area contributed by atoms with E-state index in [1.165, 1.54) is 0 Å². The van der Waals surface area contributed by atoms with Gasteiger partial charge in [-0.05, 0) is 66.6 Å². The molecular weight excluding hydrogens is 444 g/mol. The first-order valence-corrected chi connectivity index (χ1v) is 11.3. The molecule has 0 aliphatic heterocycles. The van der Waals surface area contributed by atoms with E-state index >= 15 is 0 Å². The van der Waals surface area contributed by atoms with E-state index in [2.05, 4.69) is 21.3 Å². The third-order valence-electron chi connectivity index (χ3n) is 5.06. The van der Waals surface area contributed by atoms with Gasteiger partial charge in [-0.2, -0.15) is 0 Å². The Balaban J connectivity index is 1.52. The summed E-state index contributed by atoms with van der Waals surface area (Å²) in [7, 11) is 1.58. The highest BCUT2D eigenvalue weighted by atomic mass is 16.5. The van der Waals surface area contributed by atoms with Gasteiger partial charge in [0.2, 0.25) is 5.91 Å². The summed E-state index contributed by atoms with van der Waals surface area (Å²) in [5.74, 6) is 0.262. The number of para-hydroxylation sites is 1. The molecule has 0 aliphatic rings. The van der Waals surface area contributed by atoms with Crippen LogP contribution in [0.2, 0.25) is 0 Å². The van der Waals surface area contributed by atoms with Crippen molar-refractivity contribution in [2.45, 2.75) is 13.8 Å². The second-order valence-electron chi connectivity index (χ2n) is 8.31. The quantitative estimate of drug-likeness (QED) is 0.349. The second kappa shape index (κ2) is 12.2. The van der Waals surface area contributed by atoms with Crippen LogP contribution in [-0.2, 0) is 4.79 Å². The van der Waals surface area contributed by atoms with Gasteiger partial charge in [0.15, 0.2) is 0 Å². The van der Waals surface area contributed by atoms with E-state index in [1.54, 1.807) is 79.9 Å². The number of hydrogen-bond acceptors (Lipinski definition) is 5. The summed E-state index contributed by atoms with van der Waals surface area (Å²) in [6, 6.07) is 20.7. The maximum atomic E-state index is 12.5. The fourth-order valence-electron chi connectivity index (χ4n) is 3.18. The van der Waals surface area contributed by atoms with E-state index in [1.807, 2.05) is 13.8 Å². The van der Waals surface area contributed by atoms with E-state index in [0.717, 1.165) is 0 Å². The highest BCUT2D eigenvalue weighted by molar-refractivity contribution is 6.05. The number of carbonyl (C=O) groups excluding carboxylic acids is 3. The molecule has 3 rings (SSSR count). The number of anilines is 3. The van der Waals surface area contributed by atoms with Crippen molar-refractivity contribution in [3.63, 3.8) is 0 Å². The first kappa shape index (κ1) is 25.3. The molecule has 0 heterocycles. The average Bonchev–Trinajstić information content (AvgIpc) is 2.87. The van der Waals surface area contributed by atoms with Crippen molar-refractivity contribution in [1.82, 2.24) is 5.32 Å². The van der Waals surface area contributed by atoms with E-state index in [0.29, 0.717) is 46.4 Å². The van der Waals surface area contributed by atoms with Gasteiger partial charge >= 0.3 is 0 Å². The zero-order valence-electron chi connectivity index (χ0n) is 20.1. The molecule has 0 aromatic heterocycles. The molecule has 0 bridgehead atoms. The van der Waals surface area contributed by atoms with Gasteiger partial charge in [-0.15, -0.1) is 0 Å². The van der Waals surface area contributed by atoms with Crippen LogP contribution in [0.25, 0.3) is 0 Å². The van der Waals surface area contributed by atoms with E-state index in [-0.39, 0.29) is 24.3 Å². The Kier molecular flexibility index (Phi) is 8.83. The third-order valence-corrected chi connectivity index (χ3v) is 5.06. The number of amides is 3. The number of benzene rings is 3. The third kappa shape index (κ3) is 7.60. The molecule has 0 aliphatic carbocycles. The van der Waals surface area contributed by atoms with Crippen LogP contribution in [0, 0.1) is 5.92 Å². The van der Waals surface area contributed by atoms with Crippen molar-refractivity contribution in [3.05, 3.63) is 83.9 Å². The molecular formula is C27H30N4O4. The summed E-state index contributed by atoms with van der Waals surface area (Å²) in [5, 5.41) is 11.5. The summed E-state index contributed by atoms with van der Waals surface area (Å²) in [4.78, 5) is 37.4. The number of carbonyl (C=O) groups is 3. The number of nitrogens with one attached hydrogen (secondary N) is 4. The van der Waals surface area contributed by atoms with Crippen LogP contribution >= 0.6 is 0 Å². The maximum Gasteiger partial charge on any atom is 0.255 e. The zero-order chi connectivity index (χ0) is 25.2. The first-order chi connectivity index (χ1) is 16.9. The lowest BCUT2D eigenvalue weighted by atomic mass is 10.1. The minimum Gasteiger partial charge on any atom is -0.497 e. The van der Waals surface area contributed by atoms with Gasteiger partial charge < -0.3 is 26.0 Å². The number of ether oxygens (including phenoxy) is 1. The van der Waals surface area contributed by atoms with E-state index < -0.39 is 0 Å². The fraction of sp³-hybridized carbons (Fsp3) is 0.222. The van der Waals surface area contributed by atoms with E-state index in [9.17, 15) is 14.4 Å². The highest BCUT2D eigenvalue weighted by Gasteiger charge is 2.13. The van der Waals surface area contributed by atoms with Gasteiger partial charge in [-0.1, -0.05) is 26.0 Å². The molecule has 35 heavy (non-hydrogen) atoms. The van der Waals surface area contributed by atoms with Crippen molar-refractivity contribution in [2.75, 3.05) is 36.1 Å². The van der Waals surface area contributed by atoms with Crippen LogP contribution in [0.3, 0.4) is 0 Å². The fourth-order valence-corrected chi connectivity index (χ4v) is 3.18. The molecule has 8 nitrogen and oxygen atoms in total. The lowest BCUT2D eigenvalue weighted by Gasteiger charge is -2.13. The summed E-state index contributed by atoms with van der Waals surface area (Å²) < 4.78 is 5.11. The van der Waals surface area contributed by atoms with Crippen LogP contribution in [0.15, 0.2) is 72.8 Å². The van der Waals surface area contributed by atoms with Gasteiger partial charge in [0, 0.05) is 23.5 Å². The lowest BCUT2D eigenvalue weighted by molar-refractivity contribution is -0.114. The maximum absolute atomic E-state index is 12.5. The van der Waals surface area contributed by atoms with Crippen LogP contribution in [-0.4, -0.2) is 37.9 Å². The molecule has 3 aromatic rings. The normalized spacial score (nSPS) is 10.4. The Morgan fingerprint density at radius 1 is 0.800 bits per heavy atom. The largest absolute Gasteiger partial charge is 0.497 e. The molecule has 3 amide bonds. The molecule has 0 saturated heterocycles. The number of hydrogen-bond donors (Lipinski definition) is 4. The molecule has 4 N–H and O–H groups in total. The lowest BCUT2D eigenvalue weighted by Crippen LogP contribution is -2.29. The standard InChI is InChI=1S/C27H30N4O4/c1-18(2)16-29-27(34)23-6-4-5-7-24(23)31-25(32)17-28-20-10-8-19(9-11-20)26(33)30-21-12-14-22(35-3)15-13-21/h4-15,18,28H,16-17H2,1-3H3,(H,29,34)(H,30,33)(H,31,32). The van der Waals surface area contributed by atoms with Crippen LogP contribution in [0.1, 0.15) is 34.6 Å². The van der Waals surface area contributed by atoms with Crippen LogP contribution in [0.4, 0.5) is 17.1 Å². The summed E-state index contributed by atoms with van der Waals surface area (Å²) in [5.41, 5.74) is 2.69. The summed E-state index contributed by atoms with van der Waals surface area (Å²) >= 11 is 0. The van der Waals surface area contributed by atoms with Gasteiger partial charge in [0.1, 0.15) is 5.75 Å². The number of rotatable bonds is 10. The van der Waals surface area contributed by atoms with Crippen LogP contribution in [0.5, 0.6) is 5.75 Å². The molecule has 3 aromatic carbocycles. The molecule has 0 fully saturated rings. The van der Waals surface area contributed by atoms with Gasteiger partial charge in [0.05, 0.1) is 24.9 Å². The molecule has 0 spiro atoms. The predicted molar refractivity (Wildman–Crippen MR) is 138 cm³/mol. The molecule has 182 valence electrons. The second-order valence-corrected chi connectivity index (χ2v) is 8.31. The average molecular weight is 475 g/mol. The molecule has 0 unspecified atom stereocenters. The SMILES string of the molecule is COc1ccc(NC(=O)c2ccc(NCC(=O)Nc3ccccc3C(=O)NCC(C)C)cc2)cc1. The van der Waals surface area contributed by atoms with Crippen molar-refractivity contribution in [2.24, 2.45) is 5.92 Å². The Labute approximate surface area is 205 Å². The van der Waals surface area contributed by atoms with E-state index in [4.69, 9.17) is 4.74 Å². The monoisotopic (exact) mass is 474 g/mol. The Morgan fingerprint density at radius 3 is 2.11 bits per heavy atom. The van der Waals surface area contributed by atoms with Crippen molar-refractivity contribution in [3.8, 4) is 5.75 Å². The molecule has 0 saturated carbocycles. The minimum atomic E-state index is -0.296. The first-order valence-electron chi connectivity index (χ1n) is 11.3. The topological polar surface area (TPSA) is 109 Å². The smallest absolute Gasteiger partial charge is 0.255 e. The van der Waals surface area contributed by atoms with Crippen molar-refractivity contribution < 1.29 is 19.1 Å². The van der Waals surface area contributed by atoms with Gasteiger partial charge in [0.25, 0.3) is 11.8 Å². The van der Waals surface area contributed by atoms with Crippen molar-refractivity contribution >= 4 is 34.8 Å². The predicted octanol–water partition coefficient (Wildman–Crippen LogP) is 4.38. The summed E-state index contributed by atoms with van der Waals surface area (Å²) in [6.45, 7) is 4.58. The minimum absolute atomic E-state index is 0.000656. The van der Waals surface area contributed by atoms with Crippen LogP contribution < -0.4 is 26.0 Å².